The van der Waals surface area contributed by atoms with Crippen molar-refractivity contribution in [1.82, 2.24) is 4.90 Å². The predicted molar refractivity (Wildman–Crippen MR) is 65.4 cm³/mol. The van der Waals surface area contributed by atoms with Gasteiger partial charge in [-0.05, 0) is 18.9 Å². The Morgan fingerprint density at radius 1 is 1.47 bits per heavy atom. The molecule has 4 heteroatoms. The van der Waals surface area contributed by atoms with E-state index >= 15 is 0 Å². The number of carbonyl (C=O) groups excluding carboxylic acids is 1. The van der Waals surface area contributed by atoms with Gasteiger partial charge in [-0.2, -0.15) is 0 Å². The van der Waals surface area contributed by atoms with Crippen molar-refractivity contribution in [1.29, 1.82) is 0 Å². The van der Waals surface area contributed by atoms with Crippen LogP contribution in [0, 0.1) is 0 Å². The van der Waals surface area contributed by atoms with Crippen LogP contribution in [-0.4, -0.2) is 29.6 Å². The van der Waals surface area contributed by atoms with Gasteiger partial charge in [-0.15, -0.1) is 0 Å². The van der Waals surface area contributed by atoms with E-state index in [1.165, 1.54) is 0 Å². The highest BCUT2D eigenvalue weighted by molar-refractivity contribution is 5.68. The molecule has 17 heavy (non-hydrogen) atoms. The van der Waals surface area contributed by atoms with Gasteiger partial charge in [0, 0.05) is 18.6 Å². The number of nitrogens with two attached hydrogens (primary N) is 1. The van der Waals surface area contributed by atoms with Gasteiger partial charge in [-0.1, -0.05) is 30.3 Å². The number of carbonyl (C=O) groups is 1. The molecule has 1 unspecified atom stereocenters. The van der Waals surface area contributed by atoms with Crippen molar-refractivity contribution >= 4 is 6.09 Å². The molecule has 1 amide bonds. The second-order valence-electron chi connectivity index (χ2n) is 4.87. The molecule has 4 nitrogen and oxygen atoms in total. The molecule has 92 valence electrons. The largest absolute Gasteiger partial charge is 0.445 e. The monoisotopic (exact) mass is 234 g/mol. The molecule has 0 bridgehead atoms. The number of hydrogen-bond donors (Lipinski definition) is 1. The van der Waals surface area contributed by atoms with Gasteiger partial charge in [0.15, 0.2) is 0 Å². The molecule has 1 heterocycles. The zero-order valence-corrected chi connectivity index (χ0v) is 10.1. The molecule has 1 atom stereocenters. The van der Waals surface area contributed by atoms with Crippen LogP contribution < -0.4 is 5.73 Å². The Bertz CT molecular complexity index is 390. The molecule has 1 saturated heterocycles. The van der Waals surface area contributed by atoms with Gasteiger partial charge in [-0.3, -0.25) is 0 Å². The number of amides is 1. The van der Waals surface area contributed by atoms with E-state index in [-0.39, 0.29) is 11.6 Å². The summed E-state index contributed by atoms with van der Waals surface area (Å²) in [5, 5.41) is 0. The van der Waals surface area contributed by atoms with Crippen molar-refractivity contribution in [2.24, 2.45) is 5.73 Å². The fourth-order valence-corrected chi connectivity index (χ4v) is 1.95. The van der Waals surface area contributed by atoms with E-state index in [4.69, 9.17) is 10.5 Å². The van der Waals surface area contributed by atoms with E-state index in [2.05, 4.69) is 0 Å². The summed E-state index contributed by atoms with van der Waals surface area (Å²) in [4.78, 5) is 13.4. The van der Waals surface area contributed by atoms with Crippen LogP contribution in [0.4, 0.5) is 4.79 Å². The fourth-order valence-electron chi connectivity index (χ4n) is 1.95. The Morgan fingerprint density at radius 2 is 2.18 bits per heavy atom. The Labute approximate surface area is 101 Å². The lowest BCUT2D eigenvalue weighted by Crippen LogP contribution is -2.40. The van der Waals surface area contributed by atoms with Gasteiger partial charge < -0.3 is 15.4 Å². The first-order chi connectivity index (χ1) is 8.07. The first-order valence-electron chi connectivity index (χ1n) is 5.81. The first kappa shape index (κ1) is 11.9. The highest BCUT2D eigenvalue weighted by Crippen LogP contribution is 2.18. The highest BCUT2D eigenvalue weighted by atomic mass is 16.6. The van der Waals surface area contributed by atoms with Crippen molar-refractivity contribution < 1.29 is 9.53 Å². The summed E-state index contributed by atoms with van der Waals surface area (Å²) < 4.78 is 5.24. The number of benzene rings is 1. The van der Waals surface area contributed by atoms with E-state index in [0.717, 1.165) is 12.0 Å². The molecule has 1 aromatic carbocycles. The Balaban J connectivity index is 1.83. The summed E-state index contributed by atoms with van der Waals surface area (Å²) in [5.41, 5.74) is 6.69. The van der Waals surface area contributed by atoms with Gasteiger partial charge in [0.05, 0.1) is 0 Å². The van der Waals surface area contributed by atoms with Gasteiger partial charge in [0.2, 0.25) is 0 Å². The Hall–Kier alpha value is -1.55. The molecule has 1 aliphatic rings. The highest BCUT2D eigenvalue weighted by Gasteiger charge is 2.33. The molecule has 0 aromatic heterocycles. The Morgan fingerprint density at radius 3 is 2.76 bits per heavy atom. The normalized spacial score (nSPS) is 23.8. The second kappa shape index (κ2) is 4.75. The topological polar surface area (TPSA) is 55.6 Å². The lowest BCUT2D eigenvalue weighted by atomic mass is 10.0. The Kier molecular flexibility index (Phi) is 3.33. The average Bonchev–Trinajstić information content (AvgIpc) is 2.68. The zero-order valence-electron chi connectivity index (χ0n) is 10.1. The zero-order chi connectivity index (χ0) is 12.3. The molecule has 2 N–H and O–H groups in total. The molecular weight excluding hydrogens is 216 g/mol. The molecule has 0 radical (unpaired) electrons. The van der Waals surface area contributed by atoms with E-state index in [1.54, 1.807) is 4.90 Å². The van der Waals surface area contributed by atoms with Crippen LogP contribution in [0.25, 0.3) is 0 Å². The minimum Gasteiger partial charge on any atom is -0.445 e. The van der Waals surface area contributed by atoms with E-state index in [9.17, 15) is 4.79 Å². The van der Waals surface area contributed by atoms with E-state index in [1.807, 2.05) is 37.3 Å². The maximum atomic E-state index is 11.8. The van der Waals surface area contributed by atoms with Crippen molar-refractivity contribution in [3.8, 4) is 0 Å². The summed E-state index contributed by atoms with van der Waals surface area (Å²) >= 11 is 0. The predicted octanol–water partition coefficient (Wildman–Crippen LogP) is 1.75. The summed E-state index contributed by atoms with van der Waals surface area (Å²) in [7, 11) is 0. The van der Waals surface area contributed by atoms with Crippen LogP contribution in [0.3, 0.4) is 0 Å². The molecular formula is C13H18N2O2. The molecule has 2 rings (SSSR count). The maximum Gasteiger partial charge on any atom is 0.410 e. The van der Waals surface area contributed by atoms with Crippen molar-refractivity contribution in [3.05, 3.63) is 35.9 Å². The third-order valence-corrected chi connectivity index (χ3v) is 2.97. The molecule has 0 spiro atoms. The lowest BCUT2D eigenvalue weighted by molar-refractivity contribution is 0.103. The molecule has 1 aliphatic heterocycles. The third kappa shape index (κ3) is 3.20. The molecule has 0 saturated carbocycles. The fraction of sp³-hybridized carbons (Fsp3) is 0.462. The lowest BCUT2D eigenvalue weighted by Gasteiger charge is -2.19. The van der Waals surface area contributed by atoms with E-state index < -0.39 is 0 Å². The average molecular weight is 234 g/mol. The van der Waals surface area contributed by atoms with Gasteiger partial charge in [0.25, 0.3) is 0 Å². The quantitative estimate of drug-likeness (QED) is 0.848. The van der Waals surface area contributed by atoms with Gasteiger partial charge >= 0.3 is 6.09 Å². The van der Waals surface area contributed by atoms with Crippen molar-refractivity contribution in [2.75, 3.05) is 13.1 Å². The van der Waals surface area contributed by atoms with Crippen LogP contribution in [0.1, 0.15) is 18.9 Å². The van der Waals surface area contributed by atoms with Crippen LogP contribution in [0.15, 0.2) is 30.3 Å². The standard InChI is InChI=1S/C13H18N2O2/c1-13(14)7-8-15(10-13)12(16)17-9-11-5-3-2-4-6-11/h2-6H,7-10,14H2,1H3. The van der Waals surface area contributed by atoms with Crippen molar-refractivity contribution in [3.63, 3.8) is 0 Å². The number of ether oxygens (including phenoxy) is 1. The summed E-state index contributed by atoms with van der Waals surface area (Å²) in [5.74, 6) is 0. The van der Waals surface area contributed by atoms with Gasteiger partial charge in [-0.25, -0.2) is 4.79 Å². The van der Waals surface area contributed by atoms with Gasteiger partial charge in [0.1, 0.15) is 6.61 Å². The molecule has 1 fully saturated rings. The number of rotatable bonds is 2. The van der Waals surface area contributed by atoms with Crippen LogP contribution in [-0.2, 0) is 11.3 Å². The van der Waals surface area contributed by atoms with Crippen LogP contribution in [0.2, 0.25) is 0 Å². The minimum atomic E-state index is -0.275. The second-order valence-corrected chi connectivity index (χ2v) is 4.87. The molecule has 1 aromatic rings. The number of hydrogen-bond acceptors (Lipinski definition) is 3. The third-order valence-electron chi connectivity index (χ3n) is 2.97. The number of nitrogens with zero attached hydrogens (tertiary/aromatic N) is 1. The first-order valence-corrected chi connectivity index (χ1v) is 5.81. The van der Waals surface area contributed by atoms with Crippen LogP contribution in [0.5, 0.6) is 0 Å². The smallest absolute Gasteiger partial charge is 0.410 e. The maximum absolute atomic E-state index is 11.8. The summed E-state index contributed by atoms with van der Waals surface area (Å²) in [6.45, 7) is 3.52. The number of likely N-dealkylation sites (tertiary alicyclic amines) is 1. The van der Waals surface area contributed by atoms with E-state index in [0.29, 0.717) is 19.7 Å². The van der Waals surface area contributed by atoms with Crippen molar-refractivity contribution in [2.45, 2.75) is 25.5 Å². The SMILES string of the molecule is CC1(N)CCN(C(=O)OCc2ccccc2)C1. The summed E-state index contributed by atoms with van der Waals surface area (Å²) in [6.07, 6.45) is 0.552. The summed E-state index contributed by atoms with van der Waals surface area (Å²) in [6, 6.07) is 9.66. The minimum absolute atomic E-state index is 0.272. The molecule has 0 aliphatic carbocycles. The van der Waals surface area contributed by atoms with Crippen LogP contribution >= 0.6 is 0 Å².